The second-order valence-corrected chi connectivity index (χ2v) is 8.21. The van der Waals surface area contributed by atoms with E-state index in [9.17, 15) is 19.7 Å². The average Bonchev–Trinajstić information content (AvgIpc) is 3.39. The van der Waals surface area contributed by atoms with Gasteiger partial charge in [-0.25, -0.2) is 14.6 Å². The molecule has 11 heteroatoms. The number of carbonyl (C=O) groups is 1. The molecule has 0 saturated heterocycles. The molecule has 5 rings (SSSR count). The summed E-state index contributed by atoms with van der Waals surface area (Å²) in [6, 6.07) is 28.3. The number of H-pyrrole nitrogens is 1. The number of nitro groups is 1. The topological polar surface area (TPSA) is 187 Å². The van der Waals surface area contributed by atoms with Gasteiger partial charge in [0.1, 0.15) is 18.1 Å². The molecule has 1 aromatic heterocycles. The smallest absolute Gasteiger partial charge is 0.361 e. The van der Waals surface area contributed by atoms with Gasteiger partial charge in [0.15, 0.2) is 0 Å². The van der Waals surface area contributed by atoms with E-state index >= 15 is 0 Å². The van der Waals surface area contributed by atoms with Crippen LogP contribution in [0.15, 0.2) is 102 Å². The molecule has 0 fully saturated rings. The number of anilines is 1. The van der Waals surface area contributed by atoms with Crippen LogP contribution in [0.5, 0.6) is 0 Å². The number of nitrogens with one attached hydrogen (secondary N) is 1. The predicted molar refractivity (Wildman–Crippen MR) is 146 cm³/mol. The van der Waals surface area contributed by atoms with Gasteiger partial charge in [-0.05, 0) is 52.6 Å². The Morgan fingerprint density at radius 3 is 2.10 bits per heavy atom. The fourth-order valence-electron chi connectivity index (χ4n) is 3.75. The first-order valence-corrected chi connectivity index (χ1v) is 11.4. The maximum absolute atomic E-state index is 11.3. The lowest BCUT2D eigenvalue weighted by Crippen LogP contribution is -2.10. The van der Waals surface area contributed by atoms with Gasteiger partial charge in [-0.1, -0.05) is 54.6 Å². The second-order valence-electron chi connectivity index (χ2n) is 8.21. The number of nitrogens with zero attached hydrogens (tertiary/aromatic N) is 4. The van der Waals surface area contributed by atoms with E-state index < -0.39 is 16.5 Å². The van der Waals surface area contributed by atoms with E-state index in [2.05, 4.69) is 10.1 Å². The van der Waals surface area contributed by atoms with Crippen LogP contribution in [-0.4, -0.2) is 25.6 Å². The van der Waals surface area contributed by atoms with Crippen LogP contribution < -0.4 is 17.2 Å². The molecule has 0 bridgehead atoms. The van der Waals surface area contributed by atoms with Crippen LogP contribution >= 0.6 is 0 Å². The lowest BCUT2D eigenvalue weighted by Gasteiger charge is -2.06. The molecule has 0 unspecified atom stereocenters. The van der Waals surface area contributed by atoms with Crippen molar-refractivity contribution in [1.82, 2.24) is 14.8 Å². The van der Waals surface area contributed by atoms with E-state index in [1.807, 2.05) is 42.5 Å². The SMILES string of the molecule is N#Cc1ccc(-c2ccc(C(N)=O)cc2)cc1N.O=c1ncn(-c2ccc(-c3ccccc3)cc2[N+](=O)[O-])[nH]1. The number of nitro benzene ring substituents is 1. The minimum Gasteiger partial charge on any atom is -0.398 e. The Labute approximate surface area is 221 Å². The van der Waals surface area contributed by atoms with E-state index in [0.717, 1.165) is 22.3 Å². The minimum absolute atomic E-state index is 0.106. The van der Waals surface area contributed by atoms with Crippen molar-refractivity contribution in [3.05, 3.63) is 129 Å². The molecular formula is C28H21N7O4. The molecule has 1 heterocycles. The van der Waals surface area contributed by atoms with Crippen LogP contribution in [0.1, 0.15) is 15.9 Å². The lowest BCUT2D eigenvalue weighted by molar-refractivity contribution is -0.384. The Kier molecular flexibility index (Phi) is 7.59. The van der Waals surface area contributed by atoms with E-state index in [4.69, 9.17) is 16.7 Å². The van der Waals surface area contributed by atoms with Gasteiger partial charge in [-0.2, -0.15) is 10.2 Å². The highest BCUT2D eigenvalue weighted by molar-refractivity contribution is 5.93. The van der Waals surface area contributed by atoms with Gasteiger partial charge < -0.3 is 11.5 Å². The molecule has 0 aliphatic heterocycles. The van der Waals surface area contributed by atoms with Crippen molar-refractivity contribution in [2.45, 2.75) is 0 Å². The van der Waals surface area contributed by atoms with E-state index in [1.165, 1.54) is 17.1 Å². The van der Waals surface area contributed by atoms with E-state index in [-0.39, 0.29) is 11.4 Å². The molecule has 0 aliphatic rings. The zero-order valence-corrected chi connectivity index (χ0v) is 20.3. The first-order valence-electron chi connectivity index (χ1n) is 11.4. The molecule has 0 saturated carbocycles. The summed E-state index contributed by atoms with van der Waals surface area (Å²) in [4.78, 5) is 36.3. The molecule has 11 nitrogen and oxygen atoms in total. The van der Waals surface area contributed by atoms with Gasteiger partial charge in [0.05, 0.1) is 16.2 Å². The Bertz CT molecular complexity index is 1750. The number of nitrogen functional groups attached to an aromatic ring is 1. The Balaban J connectivity index is 0.000000183. The lowest BCUT2D eigenvalue weighted by atomic mass is 10.0. The minimum atomic E-state index is -0.559. The van der Waals surface area contributed by atoms with Gasteiger partial charge in [-0.3, -0.25) is 14.9 Å². The van der Waals surface area contributed by atoms with Crippen molar-refractivity contribution in [2.75, 3.05) is 5.73 Å². The largest absolute Gasteiger partial charge is 0.398 e. The van der Waals surface area contributed by atoms with Gasteiger partial charge in [0, 0.05) is 11.6 Å². The summed E-state index contributed by atoms with van der Waals surface area (Å²) in [5, 5.41) is 22.5. The molecule has 0 radical (unpaired) electrons. The Hall–Kier alpha value is -6.02. The van der Waals surface area contributed by atoms with Crippen LogP contribution in [-0.2, 0) is 0 Å². The van der Waals surface area contributed by atoms with Crippen LogP contribution in [0.25, 0.3) is 27.9 Å². The third-order valence-corrected chi connectivity index (χ3v) is 5.72. The third-order valence-electron chi connectivity index (χ3n) is 5.72. The van der Waals surface area contributed by atoms with Crippen molar-refractivity contribution in [2.24, 2.45) is 5.73 Å². The molecule has 0 atom stereocenters. The number of benzene rings is 4. The van der Waals surface area contributed by atoms with Gasteiger partial charge in [-0.15, -0.1) is 0 Å². The number of hydrogen-bond donors (Lipinski definition) is 3. The monoisotopic (exact) mass is 519 g/mol. The standard InChI is InChI=1S/C14H10N4O3.C14H11N3O/c19-14-15-9-17(16-14)12-7-6-11(8-13(12)18(20)21)10-4-2-1-3-5-10;15-8-12-6-5-11(7-13(12)16)9-1-3-10(4-2-9)14(17)18/h1-9H,(H,16,19);1-7H,16H2,(H2,17,18). The molecule has 39 heavy (non-hydrogen) atoms. The van der Waals surface area contributed by atoms with Crippen LogP contribution in [0.2, 0.25) is 0 Å². The highest BCUT2D eigenvalue weighted by atomic mass is 16.6. The maximum atomic E-state index is 11.3. The van der Waals surface area contributed by atoms with Crippen LogP contribution in [0, 0.1) is 21.4 Å². The number of nitrogens with two attached hydrogens (primary N) is 2. The van der Waals surface area contributed by atoms with Crippen molar-refractivity contribution in [3.63, 3.8) is 0 Å². The first kappa shape index (κ1) is 26.1. The zero-order valence-electron chi connectivity index (χ0n) is 20.3. The molecule has 0 spiro atoms. The summed E-state index contributed by atoms with van der Waals surface area (Å²) in [5.74, 6) is -0.458. The maximum Gasteiger partial charge on any atom is 0.361 e. The molecule has 0 aliphatic carbocycles. The Morgan fingerprint density at radius 1 is 0.923 bits per heavy atom. The number of aromatic amines is 1. The van der Waals surface area contributed by atoms with E-state index in [0.29, 0.717) is 16.8 Å². The molecule has 5 N–H and O–H groups in total. The molecule has 192 valence electrons. The van der Waals surface area contributed by atoms with E-state index in [1.54, 1.807) is 48.5 Å². The summed E-state index contributed by atoms with van der Waals surface area (Å²) in [5.41, 5.74) is 15.3. The number of carbonyl (C=O) groups excluding carboxylic acids is 1. The molecule has 1 amide bonds. The normalized spacial score (nSPS) is 10.1. The fourth-order valence-corrected chi connectivity index (χ4v) is 3.75. The molecular weight excluding hydrogens is 498 g/mol. The summed E-state index contributed by atoms with van der Waals surface area (Å²) in [7, 11) is 0. The number of primary amides is 1. The summed E-state index contributed by atoms with van der Waals surface area (Å²) < 4.78 is 1.23. The molecule has 4 aromatic carbocycles. The van der Waals surface area contributed by atoms with Crippen molar-refractivity contribution in [1.29, 1.82) is 5.26 Å². The Morgan fingerprint density at radius 2 is 1.54 bits per heavy atom. The van der Waals surface area contributed by atoms with Crippen molar-refractivity contribution >= 4 is 17.3 Å². The zero-order chi connectivity index (χ0) is 27.9. The first-order chi connectivity index (χ1) is 18.8. The van der Waals surface area contributed by atoms with Gasteiger partial charge in [0.25, 0.3) is 5.69 Å². The quantitative estimate of drug-likeness (QED) is 0.177. The van der Waals surface area contributed by atoms with Crippen LogP contribution in [0.4, 0.5) is 11.4 Å². The van der Waals surface area contributed by atoms with Gasteiger partial charge >= 0.3 is 5.69 Å². The highest BCUT2D eigenvalue weighted by Gasteiger charge is 2.17. The predicted octanol–water partition coefficient (Wildman–Crippen LogP) is 4.04. The van der Waals surface area contributed by atoms with Crippen molar-refractivity contribution < 1.29 is 9.72 Å². The van der Waals surface area contributed by atoms with Crippen molar-refractivity contribution in [3.8, 4) is 34.0 Å². The van der Waals surface area contributed by atoms with Gasteiger partial charge in [0.2, 0.25) is 5.91 Å². The fraction of sp³-hybridized carbons (Fsp3) is 0. The van der Waals surface area contributed by atoms with Crippen LogP contribution in [0.3, 0.4) is 0 Å². The third kappa shape index (κ3) is 6.04. The highest BCUT2D eigenvalue weighted by Crippen LogP contribution is 2.29. The number of rotatable bonds is 5. The second kappa shape index (κ2) is 11.4. The number of amides is 1. The number of aromatic nitrogens is 3. The summed E-state index contributed by atoms with van der Waals surface area (Å²) in [6.07, 6.45) is 1.22. The molecule has 5 aromatic rings. The number of nitriles is 1. The summed E-state index contributed by atoms with van der Waals surface area (Å²) >= 11 is 0. The summed E-state index contributed by atoms with van der Waals surface area (Å²) in [6.45, 7) is 0. The number of hydrogen-bond acceptors (Lipinski definition) is 7. The average molecular weight is 520 g/mol.